The van der Waals surface area contributed by atoms with Crippen LogP contribution in [0.3, 0.4) is 0 Å². The Labute approximate surface area is 104 Å². The number of carboxylic acids is 1. The van der Waals surface area contributed by atoms with Gasteiger partial charge in [0.2, 0.25) is 10.0 Å². The first kappa shape index (κ1) is 13.9. The van der Waals surface area contributed by atoms with Gasteiger partial charge in [0.25, 0.3) is 0 Å². The summed E-state index contributed by atoms with van der Waals surface area (Å²) in [5.41, 5.74) is 0. The molecule has 0 saturated carbocycles. The molecule has 2 N–H and O–H groups in total. The summed E-state index contributed by atoms with van der Waals surface area (Å²) >= 11 is 5.65. The number of aliphatic carboxylic acids is 1. The Morgan fingerprint density at radius 3 is 2.82 bits per heavy atom. The van der Waals surface area contributed by atoms with Gasteiger partial charge in [0, 0.05) is 12.2 Å². The first-order valence-corrected chi connectivity index (χ1v) is 6.53. The van der Waals surface area contributed by atoms with Crippen molar-refractivity contribution in [1.82, 2.24) is 9.71 Å². The summed E-state index contributed by atoms with van der Waals surface area (Å²) in [5, 5.41) is 8.38. The molecule has 1 aromatic heterocycles. The lowest BCUT2D eigenvalue weighted by molar-refractivity contribution is -0.137. The number of nitrogens with one attached hydrogen (secondary N) is 1. The molecule has 0 aliphatic rings. The molecule has 0 bridgehead atoms. The predicted octanol–water partition coefficient (Wildman–Crippen LogP) is 0.877. The molecule has 0 spiro atoms. The van der Waals surface area contributed by atoms with Crippen LogP contribution >= 0.6 is 11.6 Å². The number of aromatic nitrogens is 1. The SMILES string of the molecule is CC(CC(=O)O)NS(=O)(=O)c1cccnc1Cl. The third kappa shape index (κ3) is 3.95. The molecular weight excluding hydrogens is 268 g/mol. The van der Waals surface area contributed by atoms with Crippen LogP contribution in [0.1, 0.15) is 13.3 Å². The van der Waals surface area contributed by atoms with Gasteiger partial charge in [-0.15, -0.1) is 0 Å². The second kappa shape index (κ2) is 5.44. The second-order valence-electron chi connectivity index (χ2n) is 3.41. The molecule has 0 amide bonds. The van der Waals surface area contributed by atoms with Crippen molar-refractivity contribution in [3.8, 4) is 0 Å². The number of rotatable bonds is 5. The fraction of sp³-hybridized carbons (Fsp3) is 0.333. The lowest BCUT2D eigenvalue weighted by atomic mass is 10.3. The van der Waals surface area contributed by atoms with E-state index in [1.807, 2.05) is 0 Å². The maximum Gasteiger partial charge on any atom is 0.304 e. The molecule has 94 valence electrons. The van der Waals surface area contributed by atoms with Crippen LogP contribution in [-0.4, -0.2) is 30.5 Å². The van der Waals surface area contributed by atoms with Crippen LogP contribution in [0.25, 0.3) is 0 Å². The molecule has 0 saturated heterocycles. The number of hydrogen-bond acceptors (Lipinski definition) is 4. The number of nitrogens with zero attached hydrogens (tertiary/aromatic N) is 1. The van der Waals surface area contributed by atoms with Crippen LogP contribution < -0.4 is 4.72 Å². The molecule has 1 rings (SSSR count). The monoisotopic (exact) mass is 278 g/mol. The number of hydrogen-bond donors (Lipinski definition) is 2. The Morgan fingerprint density at radius 1 is 1.65 bits per heavy atom. The Kier molecular flexibility index (Phi) is 4.44. The second-order valence-corrected chi connectivity index (χ2v) is 5.45. The molecule has 0 aliphatic heterocycles. The van der Waals surface area contributed by atoms with Crippen LogP contribution in [0.4, 0.5) is 0 Å². The number of carboxylic acid groups (broad SMARTS) is 1. The maximum absolute atomic E-state index is 11.8. The lowest BCUT2D eigenvalue weighted by Gasteiger charge is -2.12. The lowest BCUT2D eigenvalue weighted by Crippen LogP contribution is -2.34. The van der Waals surface area contributed by atoms with Crippen LogP contribution in [0.15, 0.2) is 23.2 Å². The van der Waals surface area contributed by atoms with Crippen molar-refractivity contribution in [3.63, 3.8) is 0 Å². The average Bonchev–Trinajstić information content (AvgIpc) is 2.15. The zero-order chi connectivity index (χ0) is 13.1. The summed E-state index contributed by atoms with van der Waals surface area (Å²) in [6, 6.07) is 2.00. The van der Waals surface area contributed by atoms with E-state index in [1.54, 1.807) is 0 Å². The minimum absolute atomic E-state index is 0.150. The molecule has 0 aliphatic carbocycles. The predicted molar refractivity (Wildman–Crippen MR) is 61.3 cm³/mol. The van der Waals surface area contributed by atoms with E-state index in [4.69, 9.17) is 16.7 Å². The van der Waals surface area contributed by atoms with Gasteiger partial charge in [-0.2, -0.15) is 0 Å². The standard InChI is InChI=1S/C9H11ClN2O4S/c1-6(5-8(13)14)12-17(15,16)7-3-2-4-11-9(7)10/h2-4,6,12H,5H2,1H3,(H,13,14). The Hall–Kier alpha value is -1.18. The zero-order valence-corrected chi connectivity index (χ0v) is 10.5. The number of halogens is 1. The molecular formula is C9H11ClN2O4S. The van der Waals surface area contributed by atoms with Crippen molar-refractivity contribution in [3.05, 3.63) is 23.5 Å². The van der Waals surface area contributed by atoms with Gasteiger partial charge in [0.1, 0.15) is 10.0 Å². The molecule has 1 heterocycles. The molecule has 6 nitrogen and oxygen atoms in total. The van der Waals surface area contributed by atoms with Crippen molar-refractivity contribution >= 4 is 27.6 Å². The summed E-state index contributed by atoms with van der Waals surface area (Å²) in [6.07, 6.45) is 1.05. The van der Waals surface area contributed by atoms with Gasteiger partial charge in [0.15, 0.2) is 0 Å². The molecule has 1 unspecified atom stereocenters. The van der Waals surface area contributed by atoms with Gasteiger partial charge in [-0.1, -0.05) is 11.6 Å². The van der Waals surface area contributed by atoms with E-state index in [0.29, 0.717) is 0 Å². The van der Waals surface area contributed by atoms with Gasteiger partial charge in [-0.05, 0) is 19.1 Å². The highest BCUT2D eigenvalue weighted by molar-refractivity contribution is 7.89. The summed E-state index contributed by atoms with van der Waals surface area (Å²) in [5.74, 6) is -1.09. The van der Waals surface area contributed by atoms with Gasteiger partial charge in [-0.3, -0.25) is 4.79 Å². The number of carbonyl (C=O) groups is 1. The normalized spacial score (nSPS) is 13.3. The topological polar surface area (TPSA) is 96.4 Å². The molecule has 0 fully saturated rings. The molecule has 1 atom stereocenters. The smallest absolute Gasteiger partial charge is 0.304 e. The van der Waals surface area contributed by atoms with Crippen LogP contribution in [0.2, 0.25) is 5.15 Å². The van der Waals surface area contributed by atoms with Crippen LogP contribution in [0.5, 0.6) is 0 Å². The van der Waals surface area contributed by atoms with Gasteiger partial charge >= 0.3 is 5.97 Å². The quantitative estimate of drug-likeness (QED) is 0.779. The molecule has 1 aromatic rings. The summed E-state index contributed by atoms with van der Waals surface area (Å²) in [7, 11) is -3.84. The van der Waals surface area contributed by atoms with E-state index in [2.05, 4.69) is 9.71 Å². The number of pyridine rings is 1. The highest BCUT2D eigenvalue weighted by Gasteiger charge is 2.21. The Bertz CT molecular complexity index is 517. The van der Waals surface area contributed by atoms with Crippen LogP contribution in [-0.2, 0) is 14.8 Å². The third-order valence-electron chi connectivity index (χ3n) is 1.85. The van der Waals surface area contributed by atoms with E-state index in [0.717, 1.165) is 0 Å². The van der Waals surface area contributed by atoms with Crippen LogP contribution in [0, 0.1) is 0 Å². The van der Waals surface area contributed by atoms with E-state index < -0.39 is 22.0 Å². The fourth-order valence-corrected chi connectivity index (χ4v) is 2.90. The van der Waals surface area contributed by atoms with E-state index in [-0.39, 0.29) is 16.5 Å². The van der Waals surface area contributed by atoms with Gasteiger partial charge in [0.05, 0.1) is 6.42 Å². The maximum atomic E-state index is 11.8. The summed E-state index contributed by atoms with van der Waals surface area (Å²) in [4.78, 5) is 13.9. The van der Waals surface area contributed by atoms with Crippen molar-refractivity contribution in [1.29, 1.82) is 0 Å². The first-order valence-electron chi connectivity index (χ1n) is 4.67. The van der Waals surface area contributed by atoms with Gasteiger partial charge < -0.3 is 5.11 Å². The van der Waals surface area contributed by atoms with E-state index >= 15 is 0 Å². The van der Waals surface area contributed by atoms with E-state index in [9.17, 15) is 13.2 Å². The average molecular weight is 279 g/mol. The number of sulfonamides is 1. The Balaban J connectivity index is 2.90. The largest absolute Gasteiger partial charge is 0.481 e. The van der Waals surface area contributed by atoms with Gasteiger partial charge in [-0.25, -0.2) is 18.1 Å². The molecule has 0 aromatic carbocycles. The minimum Gasteiger partial charge on any atom is -0.481 e. The summed E-state index contributed by atoms with van der Waals surface area (Å²) in [6.45, 7) is 1.45. The first-order chi connectivity index (χ1) is 7.83. The Morgan fingerprint density at radius 2 is 2.29 bits per heavy atom. The van der Waals surface area contributed by atoms with Crippen molar-refractivity contribution in [2.24, 2.45) is 0 Å². The highest BCUT2D eigenvalue weighted by Crippen LogP contribution is 2.17. The third-order valence-corrected chi connectivity index (χ3v) is 3.89. The zero-order valence-electron chi connectivity index (χ0n) is 8.92. The van der Waals surface area contributed by atoms with E-state index in [1.165, 1.54) is 25.3 Å². The van der Waals surface area contributed by atoms with Crippen molar-refractivity contribution in [2.45, 2.75) is 24.3 Å². The summed E-state index contributed by atoms with van der Waals surface area (Å²) < 4.78 is 25.8. The molecule has 8 heteroatoms. The van der Waals surface area contributed by atoms with Crippen molar-refractivity contribution < 1.29 is 18.3 Å². The molecule has 17 heavy (non-hydrogen) atoms. The molecule has 0 radical (unpaired) electrons. The minimum atomic E-state index is -3.84. The van der Waals surface area contributed by atoms with Crippen molar-refractivity contribution in [2.75, 3.05) is 0 Å². The highest BCUT2D eigenvalue weighted by atomic mass is 35.5. The fourth-order valence-electron chi connectivity index (χ4n) is 1.20.